The average molecular weight is 715 g/mol. The number of carbonyl (C=O) groups is 2. The Labute approximate surface area is 303 Å². The fraction of sp³-hybridized carbons (Fsp3) is 0.667. The van der Waals surface area contributed by atoms with Crippen LogP contribution in [0.4, 0.5) is 16.2 Å². The molecule has 1 atom stereocenters. The number of unbranched alkanes of at least 4 members (excludes halogenated alkanes) is 15. The van der Waals surface area contributed by atoms with Gasteiger partial charge in [-0.1, -0.05) is 115 Å². The molecule has 2 aliphatic heterocycles. The lowest BCUT2D eigenvalue weighted by Gasteiger charge is -2.39. The van der Waals surface area contributed by atoms with Crippen molar-refractivity contribution in [2.45, 2.75) is 136 Å². The topological polar surface area (TPSA) is 74.7 Å². The summed E-state index contributed by atoms with van der Waals surface area (Å²) in [5.74, 6) is 0.368. The molecule has 0 spiro atoms. The van der Waals surface area contributed by atoms with E-state index in [9.17, 15) is 9.59 Å². The van der Waals surface area contributed by atoms with E-state index in [2.05, 4.69) is 29.8 Å². The minimum atomic E-state index is -1.04. The SMILES string of the molecule is CCCCCCCCCCCCCCCCCCC(=O)OC(C)OC(=O)N1C(N2CCN(C)CC2)=c2cc(C)sc2=Nc2ccc(Cl)cc21. The van der Waals surface area contributed by atoms with Crippen molar-refractivity contribution >= 4 is 52.2 Å². The Morgan fingerprint density at radius 2 is 1.41 bits per heavy atom. The van der Waals surface area contributed by atoms with Crippen LogP contribution in [0.15, 0.2) is 29.3 Å². The van der Waals surface area contributed by atoms with Gasteiger partial charge >= 0.3 is 12.1 Å². The van der Waals surface area contributed by atoms with E-state index in [1.165, 1.54) is 83.5 Å². The van der Waals surface area contributed by atoms with Crippen LogP contribution < -0.4 is 14.8 Å². The molecule has 0 N–H and O–H groups in total. The number of halogens is 1. The third kappa shape index (κ3) is 12.6. The Balaban J connectivity index is 1.22. The van der Waals surface area contributed by atoms with Crippen molar-refractivity contribution in [1.29, 1.82) is 0 Å². The van der Waals surface area contributed by atoms with Crippen molar-refractivity contribution in [3.05, 3.63) is 44.1 Å². The molecule has 272 valence electrons. The van der Waals surface area contributed by atoms with E-state index < -0.39 is 12.4 Å². The Hall–Kier alpha value is -2.62. The molecule has 1 aromatic carbocycles. The first-order valence-corrected chi connectivity index (χ1v) is 20.1. The lowest BCUT2D eigenvalue weighted by molar-refractivity contribution is -0.164. The second-order valence-corrected chi connectivity index (χ2v) is 15.4. The quantitative estimate of drug-likeness (QED) is 0.0773. The van der Waals surface area contributed by atoms with Crippen molar-refractivity contribution in [1.82, 2.24) is 9.80 Å². The number of piperazine rings is 1. The summed E-state index contributed by atoms with van der Waals surface area (Å²) in [5.41, 5.74) is 1.17. The standard InChI is InChI=1S/C39H59ClN4O4S/c1-5-6-7-8-9-10-11-12-13-14-15-16-17-18-19-20-21-36(45)47-31(3)48-39(46)44-35-29-32(40)22-23-34(35)41-37-33(28-30(2)49-37)38(44)43-26-24-42(4)25-27-43/h22-23,28-29,31H,5-21,24-27H2,1-4H3. The van der Waals surface area contributed by atoms with E-state index in [1.54, 1.807) is 35.3 Å². The number of anilines is 1. The maximum Gasteiger partial charge on any atom is 0.423 e. The van der Waals surface area contributed by atoms with Gasteiger partial charge in [0.2, 0.25) is 6.29 Å². The highest BCUT2D eigenvalue weighted by atomic mass is 35.5. The Morgan fingerprint density at radius 1 is 0.837 bits per heavy atom. The highest BCUT2D eigenvalue weighted by Crippen LogP contribution is 2.36. The zero-order chi connectivity index (χ0) is 35.0. The Bertz CT molecular complexity index is 1460. The highest BCUT2D eigenvalue weighted by molar-refractivity contribution is 7.09. The van der Waals surface area contributed by atoms with Crippen LogP contribution in [0, 0.1) is 6.92 Å². The van der Waals surface area contributed by atoms with E-state index in [0.717, 1.165) is 60.2 Å². The number of esters is 1. The molecule has 0 aliphatic carbocycles. The van der Waals surface area contributed by atoms with Crippen molar-refractivity contribution in [3.8, 4) is 0 Å². The summed E-state index contributed by atoms with van der Waals surface area (Å²) >= 11 is 8.05. The van der Waals surface area contributed by atoms with Gasteiger partial charge in [0.1, 0.15) is 10.5 Å². The zero-order valence-electron chi connectivity index (χ0n) is 30.4. The molecule has 0 saturated carbocycles. The highest BCUT2D eigenvalue weighted by Gasteiger charge is 2.33. The molecule has 1 unspecified atom stereocenters. The summed E-state index contributed by atoms with van der Waals surface area (Å²) in [6, 6.07) is 7.42. The molecular formula is C39H59ClN4O4S. The van der Waals surface area contributed by atoms with Gasteiger partial charge in [0, 0.05) is 49.4 Å². The van der Waals surface area contributed by atoms with E-state index in [4.69, 9.17) is 26.1 Å². The summed E-state index contributed by atoms with van der Waals surface area (Å²) < 4.78 is 12.2. The molecule has 4 rings (SSSR count). The minimum Gasteiger partial charge on any atom is -0.425 e. The molecule has 2 aliphatic rings. The van der Waals surface area contributed by atoms with Gasteiger partial charge in [-0.3, -0.25) is 4.79 Å². The summed E-state index contributed by atoms with van der Waals surface area (Å²) in [5, 5.41) is 1.37. The molecule has 0 bridgehead atoms. The number of amides is 1. The van der Waals surface area contributed by atoms with Crippen molar-refractivity contribution in [2.75, 3.05) is 38.1 Å². The van der Waals surface area contributed by atoms with Crippen LogP contribution >= 0.6 is 22.9 Å². The van der Waals surface area contributed by atoms with Crippen LogP contribution in [-0.4, -0.2) is 61.4 Å². The zero-order valence-corrected chi connectivity index (χ0v) is 32.0. The molecule has 10 heteroatoms. The van der Waals surface area contributed by atoms with E-state index in [0.29, 0.717) is 28.6 Å². The second-order valence-electron chi connectivity index (χ2n) is 13.8. The largest absolute Gasteiger partial charge is 0.425 e. The monoisotopic (exact) mass is 714 g/mol. The fourth-order valence-corrected chi connectivity index (χ4v) is 7.71. The molecule has 49 heavy (non-hydrogen) atoms. The number of benzene rings is 1. The Kier molecular flexibility index (Phi) is 16.7. The second kappa shape index (κ2) is 20.9. The molecule has 1 amide bonds. The maximum absolute atomic E-state index is 14.0. The lowest BCUT2D eigenvalue weighted by atomic mass is 10.0. The number of nitrogens with zero attached hydrogens (tertiary/aromatic N) is 4. The van der Waals surface area contributed by atoms with Crippen LogP contribution in [0.5, 0.6) is 0 Å². The van der Waals surface area contributed by atoms with E-state index in [-0.39, 0.29) is 5.97 Å². The van der Waals surface area contributed by atoms with Crippen LogP contribution in [0.2, 0.25) is 5.02 Å². The van der Waals surface area contributed by atoms with Gasteiger partial charge in [-0.15, -0.1) is 11.3 Å². The summed E-state index contributed by atoms with van der Waals surface area (Å²) in [6.45, 7) is 9.11. The van der Waals surface area contributed by atoms with Gasteiger partial charge in [-0.2, -0.15) is 0 Å². The van der Waals surface area contributed by atoms with E-state index in [1.807, 2.05) is 13.0 Å². The first-order valence-electron chi connectivity index (χ1n) is 18.9. The molecule has 3 heterocycles. The van der Waals surface area contributed by atoms with Gasteiger partial charge in [0.05, 0.1) is 16.6 Å². The predicted molar refractivity (Wildman–Crippen MR) is 202 cm³/mol. The molecule has 8 nitrogen and oxygen atoms in total. The van der Waals surface area contributed by atoms with Gasteiger partial charge in [0.25, 0.3) is 0 Å². The molecule has 1 aromatic heterocycles. The van der Waals surface area contributed by atoms with Gasteiger partial charge in [-0.25, -0.2) is 14.7 Å². The number of ether oxygens (including phenoxy) is 2. The molecule has 2 aromatic rings. The first kappa shape index (κ1) is 39.2. The molecule has 0 radical (unpaired) electrons. The third-order valence-corrected chi connectivity index (χ3v) is 10.7. The average Bonchev–Trinajstić information content (AvgIpc) is 3.37. The number of likely N-dealkylation sites (N-methyl/N-ethyl adjacent to an activating group) is 1. The first-order chi connectivity index (χ1) is 23.8. The maximum atomic E-state index is 14.0. The van der Waals surface area contributed by atoms with Crippen LogP contribution in [-0.2, 0) is 14.3 Å². The van der Waals surface area contributed by atoms with Gasteiger partial charge in [-0.05, 0) is 44.7 Å². The fourth-order valence-electron chi connectivity index (χ4n) is 6.65. The van der Waals surface area contributed by atoms with Crippen LogP contribution in [0.1, 0.15) is 128 Å². The molecular weight excluding hydrogens is 656 g/mol. The smallest absolute Gasteiger partial charge is 0.423 e. The van der Waals surface area contributed by atoms with Crippen molar-refractivity contribution in [2.24, 2.45) is 4.99 Å². The van der Waals surface area contributed by atoms with E-state index >= 15 is 0 Å². The van der Waals surface area contributed by atoms with Gasteiger partial charge < -0.3 is 19.3 Å². The lowest BCUT2D eigenvalue weighted by Crippen LogP contribution is -2.51. The predicted octanol–water partition coefficient (Wildman–Crippen LogP) is 9.47. The summed E-state index contributed by atoms with van der Waals surface area (Å²) in [6.07, 6.45) is 19.2. The summed E-state index contributed by atoms with van der Waals surface area (Å²) in [4.78, 5) is 38.8. The number of aryl methyl sites for hydroxylation is 1. The number of fused-ring (bicyclic) bond motifs is 2. The third-order valence-electron chi connectivity index (χ3n) is 9.47. The number of rotatable bonds is 20. The van der Waals surface area contributed by atoms with Crippen LogP contribution in [0.3, 0.4) is 0 Å². The Morgan fingerprint density at radius 3 is 2.00 bits per heavy atom. The number of hydrogen-bond donors (Lipinski definition) is 0. The molecule has 1 fully saturated rings. The van der Waals surface area contributed by atoms with Crippen LogP contribution in [0.25, 0.3) is 5.82 Å². The summed E-state index contributed by atoms with van der Waals surface area (Å²) in [7, 11) is 2.10. The number of hydrogen-bond acceptors (Lipinski definition) is 8. The number of carbonyl (C=O) groups excluding carboxylic acids is 2. The van der Waals surface area contributed by atoms with Gasteiger partial charge in [0.15, 0.2) is 0 Å². The number of thiophene rings is 1. The van der Waals surface area contributed by atoms with Crippen molar-refractivity contribution < 1.29 is 19.1 Å². The normalized spacial score (nSPS) is 15.3. The minimum absolute atomic E-state index is 0.317. The van der Waals surface area contributed by atoms with Crippen molar-refractivity contribution in [3.63, 3.8) is 0 Å². The molecule has 1 saturated heterocycles.